The molecule has 1 unspecified atom stereocenters. The van der Waals surface area contributed by atoms with E-state index in [4.69, 9.17) is 4.74 Å². The molecule has 1 atom stereocenters. The van der Waals surface area contributed by atoms with Crippen LogP contribution in [0.25, 0.3) is 22.3 Å². The monoisotopic (exact) mass is 1040 g/mol. The van der Waals surface area contributed by atoms with E-state index in [1.807, 2.05) is 24.3 Å². The standard InChI is InChI=1S/C72H53N4O2P/c1-71(2)59-39-35-50(73(46-20-9-5-10-21-46)47-22-11-6-12-23-47)42-56(59)57-44-52(37-41-60(57)71)76-63-29-17-28-62-68(63)79(77)69-64(30-18-32-66(69)78-67-33-19-31-65(76)70(67)79)75(62)51-36-40-58-55(43-51)54-38-34-53(45-61(54)72(58,3)4)74(48-24-13-7-14-25-48)49-26-15-8-16-27-49/h5-45H,1-4H3. The van der Waals surface area contributed by atoms with Gasteiger partial charge in [0.25, 0.3) is 0 Å². The maximum atomic E-state index is 17.1. The SMILES string of the molecule is CC1(C)c2ccc(N(c3ccccc3)c3ccccc3)cc2-c2cc(N3c4cccc5c4P4(=O)c6c(cccc6N(c6ccc7c(c6)-c6ccc(N(c8ccccc8)c8ccccc8)cc6C7(C)C)c6cccc3c64)O5)ccc21. The van der Waals surface area contributed by atoms with Crippen molar-refractivity contribution in [2.75, 3.05) is 19.6 Å². The minimum Gasteiger partial charge on any atom is -0.456 e. The van der Waals surface area contributed by atoms with Crippen molar-refractivity contribution in [2.24, 2.45) is 0 Å². The van der Waals surface area contributed by atoms with Gasteiger partial charge in [-0.25, -0.2) is 0 Å². The maximum absolute atomic E-state index is 17.1. The van der Waals surface area contributed by atoms with Crippen LogP contribution in [0.4, 0.5) is 68.2 Å². The first-order valence-electron chi connectivity index (χ1n) is 27.3. The third kappa shape index (κ3) is 6.38. The first-order chi connectivity index (χ1) is 38.6. The van der Waals surface area contributed by atoms with Gasteiger partial charge in [-0.3, -0.25) is 0 Å². The van der Waals surface area contributed by atoms with E-state index in [-0.39, 0.29) is 10.8 Å². The van der Waals surface area contributed by atoms with Crippen LogP contribution in [-0.4, -0.2) is 0 Å². The lowest BCUT2D eigenvalue weighted by Gasteiger charge is -2.47. The lowest BCUT2D eigenvalue weighted by atomic mass is 9.82. The third-order valence-corrected chi connectivity index (χ3v) is 20.7. The lowest BCUT2D eigenvalue weighted by molar-refractivity contribution is 0.485. The Labute approximate surface area is 461 Å². The fourth-order valence-electron chi connectivity index (χ4n) is 13.9. The number of hydrogen-bond donors (Lipinski definition) is 0. The summed E-state index contributed by atoms with van der Waals surface area (Å²) in [6, 6.07) is 89.0. The highest BCUT2D eigenvalue weighted by atomic mass is 31.2. The van der Waals surface area contributed by atoms with Crippen LogP contribution in [0, 0.1) is 0 Å². The number of benzene rings is 11. The summed E-state index contributed by atoms with van der Waals surface area (Å²) in [5.74, 6) is 1.27. The summed E-state index contributed by atoms with van der Waals surface area (Å²) in [4.78, 5) is 9.37. The summed E-state index contributed by atoms with van der Waals surface area (Å²) < 4.78 is 24.1. The Morgan fingerprint density at radius 2 is 0.696 bits per heavy atom. The molecule has 0 bridgehead atoms. The maximum Gasteiger partial charge on any atom is 0.186 e. The molecule has 6 nitrogen and oxygen atoms in total. The second-order valence-electron chi connectivity index (χ2n) is 22.5. The van der Waals surface area contributed by atoms with Crippen LogP contribution < -0.4 is 40.3 Å². The largest absolute Gasteiger partial charge is 0.456 e. The van der Waals surface area contributed by atoms with E-state index in [0.717, 1.165) is 84.2 Å². The van der Waals surface area contributed by atoms with Gasteiger partial charge in [0, 0.05) is 56.3 Å². The molecule has 5 aliphatic rings. The van der Waals surface area contributed by atoms with Crippen molar-refractivity contribution >= 4 is 91.3 Å². The van der Waals surface area contributed by atoms with Gasteiger partial charge < -0.3 is 28.9 Å². The van der Waals surface area contributed by atoms with Gasteiger partial charge in [0.2, 0.25) is 0 Å². The van der Waals surface area contributed by atoms with Crippen LogP contribution in [0.2, 0.25) is 0 Å². The molecule has 11 aromatic carbocycles. The normalized spacial score (nSPS) is 16.5. The molecule has 11 aromatic rings. The molecule has 7 heteroatoms. The Balaban J connectivity index is 0.854. The molecule has 0 amide bonds. The molecule has 2 aliphatic carbocycles. The van der Waals surface area contributed by atoms with Crippen LogP contribution in [0.3, 0.4) is 0 Å². The van der Waals surface area contributed by atoms with E-state index in [1.54, 1.807) is 0 Å². The average Bonchev–Trinajstić information content (AvgIpc) is 2.26. The van der Waals surface area contributed by atoms with Gasteiger partial charge in [-0.15, -0.1) is 0 Å². The van der Waals surface area contributed by atoms with Crippen LogP contribution >= 0.6 is 7.14 Å². The molecule has 0 saturated heterocycles. The Morgan fingerprint density at radius 1 is 0.329 bits per heavy atom. The van der Waals surface area contributed by atoms with Crippen molar-refractivity contribution in [3.05, 3.63) is 271 Å². The molecule has 3 aliphatic heterocycles. The van der Waals surface area contributed by atoms with E-state index in [0.29, 0.717) is 11.5 Å². The Kier molecular flexibility index (Phi) is 9.61. The van der Waals surface area contributed by atoms with Gasteiger partial charge in [-0.2, -0.15) is 0 Å². The molecule has 0 fully saturated rings. The summed E-state index contributed by atoms with van der Waals surface area (Å²) in [6.07, 6.45) is 0. The van der Waals surface area contributed by atoms with Crippen LogP contribution in [0.15, 0.2) is 249 Å². The highest BCUT2D eigenvalue weighted by Crippen LogP contribution is 2.67. The molecule has 0 N–H and O–H groups in total. The van der Waals surface area contributed by atoms with E-state index in [9.17, 15) is 0 Å². The predicted octanol–water partition coefficient (Wildman–Crippen LogP) is 18.6. The highest BCUT2D eigenvalue weighted by molar-refractivity contribution is 7.87. The molecule has 0 spiro atoms. The van der Waals surface area contributed by atoms with Crippen molar-refractivity contribution in [1.82, 2.24) is 0 Å². The third-order valence-electron chi connectivity index (χ3n) is 17.5. The summed E-state index contributed by atoms with van der Waals surface area (Å²) in [6.45, 7) is 9.36. The Morgan fingerprint density at radius 3 is 1.16 bits per heavy atom. The topological polar surface area (TPSA) is 39.3 Å². The first kappa shape index (κ1) is 45.8. The molecular weight excluding hydrogens is 984 g/mol. The zero-order valence-corrected chi connectivity index (χ0v) is 45.1. The van der Waals surface area contributed by atoms with Gasteiger partial charge >= 0.3 is 0 Å². The molecule has 378 valence electrons. The van der Waals surface area contributed by atoms with Gasteiger partial charge in [-0.1, -0.05) is 143 Å². The van der Waals surface area contributed by atoms with Crippen molar-refractivity contribution in [1.29, 1.82) is 0 Å². The molecule has 3 heterocycles. The van der Waals surface area contributed by atoms with Crippen LogP contribution in [0.5, 0.6) is 11.5 Å². The van der Waals surface area contributed by atoms with Gasteiger partial charge in [0.05, 0.1) is 38.7 Å². The highest BCUT2D eigenvalue weighted by Gasteiger charge is 2.54. The van der Waals surface area contributed by atoms with Gasteiger partial charge in [0.15, 0.2) is 7.14 Å². The van der Waals surface area contributed by atoms with Crippen LogP contribution in [0.1, 0.15) is 49.9 Å². The fraction of sp³-hybridized carbons (Fsp3) is 0.0833. The summed E-state index contributed by atoms with van der Waals surface area (Å²) >= 11 is 0. The second kappa shape index (κ2) is 16.6. The van der Waals surface area contributed by atoms with Crippen molar-refractivity contribution in [3.63, 3.8) is 0 Å². The van der Waals surface area contributed by atoms with Crippen molar-refractivity contribution in [2.45, 2.75) is 38.5 Å². The Hall–Kier alpha value is -9.35. The molecule has 0 saturated carbocycles. The van der Waals surface area contributed by atoms with Gasteiger partial charge in [-0.05, 0) is 178 Å². The number of hydrogen-bond acceptors (Lipinski definition) is 6. The molecule has 0 aromatic heterocycles. The second-order valence-corrected chi connectivity index (χ2v) is 25.0. The van der Waals surface area contributed by atoms with E-state index in [1.165, 1.54) is 44.5 Å². The fourth-order valence-corrected chi connectivity index (χ4v) is 17.4. The summed E-state index contributed by atoms with van der Waals surface area (Å²) in [7, 11) is -3.54. The number of para-hydroxylation sites is 4. The molecular formula is C72H53N4O2P. The average molecular weight is 1040 g/mol. The summed E-state index contributed by atoms with van der Waals surface area (Å²) in [5.41, 5.74) is 21.6. The molecule has 16 rings (SSSR count). The molecule has 0 radical (unpaired) electrons. The zero-order chi connectivity index (χ0) is 52.9. The Bertz CT molecular complexity index is 4330. The minimum absolute atomic E-state index is 0.242. The first-order valence-corrected chi connectivity index (χ1v) is 29.0. The lowest BCUT2D eigenvalue weighted by Crippen LogP contribution is -2.45. The van der Waals surface area contributed by atoms with E-state index < -0.39 is 7.14 Å². The molecule has 79 heavy (non-hydrogen) atoms. The number of nitrogens with zero attached hydrogens (tertiary/aromatic N) is 4. The van der Waals surface area contributed by atoms with E-state index >= 15 is 4.57 Å². The van der Waals surface area contributed by atoms with Crippen molar-refractivity contribution in [3.8, 4) is 33.8 Å². The smallest absolute Gasteiger partial charge is 0.186 e. The zero-order valence-electron chi connectivity index (χ0n) is 44.2. The quantitative estimate of drug-likeness (QED) is 0.141. The van der Waals surface area contributed by atoms with Crippen LogP contribution in [-0.2, 0) is 15.4 Å². The number of ether oxygens (including phenoxy) is 1. The number of rotatable bonds is 8. The summed E-state index contributed by atoms with van der Waals surface area (Å²) in [5, 5.41) is 2.33. The van der Waals surface area contributed by atoms with Crippen molar-refractivity contribution < 1.29 is 9.30 Å². The predicted molar refractivity (Wildman–Crippen MR) is 327 cm³/mol. The van der Waals surface area contributed by atoms with Gasteiger partial charge in [0.1, 0.15) is 11.5 Å². The number of anilines is 12. The minimum atomic E-state index is -3.54. The number of fused-ring (bicyclic) bond motifs is 6. The van der Waals surface area contributed by atoms with E-state index in [2.05, 4.69) is 272 Å².